The Morgan fingerprint density at radius 1 is 1.70 bits per heavy atom. The van der Waals surface area contributed by atoms with Crippen LogP contribution in [0.2, 0.25) is 0 Å². The van der Waals surface area contributed by atoms with Crippen LogP contribution in [0, 0.1) is 18.3 Å². The summed E-state index contributed by atoms with van der Waals surface area (Å²) in [5.74, 6) is 1.86. The molecule has 0 aliphatic heterocycles. The van der Waals surface area contributed by atoms with Gasteiger partial charge in [0.2, 0.25) is 6.29 Å². The van der Waals surface area contributed by atoms with Crippen molar-refractivity contribution in [2.75, 3.05) is 0 Å². The zero-order chi connectivity index (χ0) is 7.78. The molecule has 0 saturated heterocycles. The maximum Gasteiger partial charge on any atom is 0.210 e. The van der Waals surface area contributed by atoms with Crippen molar-refractivity contribution in [1.29, 1.82) is 0 Å². The average Bonchev–Trinajstić information content (AvgIpc) is 2.61. The summed E-state index contributed by atoms with van der Waals surface area (Å²) in [4.78, 5) is 20.4. The Labute approximate surface area is 59.9 Å². The second-order valence-electron chi connectivity index (χ2n) is 2.76. The lowest BCUT2D eigenvalue weighted by Gasteiger charge is -2.00. The van der Waals surface area contributed by atoms with Gasteiger partial charge in [0, 0.05) is 5.57 Å². The lowest BCUT2D eigenvalue weighted by atomic mass is 9.98. The van der Waals surface area contributed by atoms with E-state index in [1.807, 2.05) is 13.2 Å². The number of carbonyl (C=O) groups excluding carboxylic acids is 2. The molecule has 2 nitrogen and oxygen atoms in total. The molecule has 10 heavy (non-hydrogen) atoms. The van der Waals surface area contributed by atoms with E-state index >= 15 is 0 Å². The minimum absolute atomic E-state index is 0.221. The highest BCUT2D eigenvalue weighted by atomic mass is 16.1. The van der Waals surface area contributed by atoms with Crippen LogP contribution in [0.1, 0.15) is 13.3 Å². The molecule has 0 bridgehead atoms. The van der Waals surface area contributed by atoms with Crippen LogP contribution >= 0.6 is 0 Å². The molecule has 52 valence electrons. The summed E-state index contributed by atoms with van der Waals surface area (Å²) in [7, 11) is 0. The summed E-state index contributed by atoms with van der Waals surface area (Å²) in [5, 5.41) is 0. The Bertz CT molecular complexity index is 213. The molecule has 0 spiro atoms. The Balaban J connectivity index is 2.89. The molecule has 1 aliphatic carbocycles. The van der Waals surface area contributed by atoms with E-state index in [-0.39, 0.29) is 11.5 Å². The van der Waals surface area contributed by atoms with Crippen LogP contribution in [0.5, 0.6) is 0 Å². The minimum Gasteiger partial charge on any atom is -0.290 e. The van der Waals surface area contributed by atoms with Crippen molar-refractivity contribution >= 4 is 12.2 Å². The molecule has 0 amide bonds. The molecule has 2 unspecified atom stereocenters. The van der Waals surface area contributed by atoms with Crippen LogP contribution in [0.25, 0.3) is 0 Å². The van der Waals surface area contributed by atoms with Gasteiger partial charge in [-0.05, 0) is 19.3 Å². The molecule has 2 heteroatoms. The molecule has 0 aromatic rings. The van der Waals surface area contributed by atoms with Gasteiger partial charge in [-0.3, -0.25) is 4.79 Å². The van der Waals surface area contributed by atoms with E-state index < -0.39 is 5.41 Å². The highest BCUT2D eigenvalue weighted by Gasteiger charge is 2.54. The number of allylic oxidation sites excluding steroid dienone is 1. The Hall–Kier alpha value is -0.880. The van der Waals surface area contributed by atoms with E-state index in [0.717, 1.165) is 0 Å². The number of hydrogen-bond donors (Lipinski definition) is 0. The van der Waals surface area contributed by atoms with Crippen LogP contribution < -0.4 is 0 Å². The van der Waals surface area contributed by atoms with Gasteiger partial charge in [-0.1, -0.05) is 6.92 Å². The quantitative estimate of drug-likeness (QED) is 0.524. The SMILES string of the molecule is [CH2]C(=C=O)C1([C]=O)CC1C. The maximum atomic E-state index is 10.3. The fourth-order valence-corrected chi connectivity index (χ4v) is 1.14. The second-order valence-corrected chi connectivity index (χ2v) is 2.76. The molecular weight excluding hydrogens is 128 g/mol. The van der Waals surface area contributed by atoms with E-state index in [2.05, 4.69) is 6.92 Å². The summed E-state index contributed by atoms with van der Waals surface area (Å²) in [6.45, 7) is 5.34. The van der Waals surface area contributed by atoms with Crippen LogP contribution in [0.15, 0.2) is 5.57 Å². The lowest BCUT2D eigenvalue weighted by molar-refractivity contribution is 0.522. The van der Waals surface area contributed by atoms with Gasteiger partial charge in [-0.2, -0.15) is 0 Å². The van der Waals surface area contributed by atoms with Gasteiger partial charge in [0.1, 0.15) is 5.94 Å². The monoisotopic (exact) mass is 136 g/mol. The molecule has 1 rings (SSSR count). The van der Waals surface area contributed by atoms with Crippen molar-refractivity contribution in [3.8, 4) is 0 Å². The Morgan fingerprint density at radius 2 is 2.20 bits per heavy atom. The largest absolute Gasteiger partial charge is 0.290 e. The summed E-state index contributed by atoms with van der Waals surface area (Å²) in [6, 6.07) is 0. The molecule has 0 aromatic carbocycles. The van der Waals surface area contributed by atoms with E-state index in [1.54, 1.807) is 5.94 Å². The van der Waals surface area contributed by atoms with Gasteiger partial charge in [0.25, 0.3) is 0 Å². The van der Waals surface area contributed by atoms with Crippen LogP contribution in [0.4, 0.5) is 0 Å². The third-order valence-corrected chi connectivity index (χ3v) is 2.15. The predicted molar refractivity (Wildman–Crippen MR) is 36.5 cm³/mol. The standard InChI is InChI=1S/C8H8O2/c1-6-3-8(6,5-10)7(2)4-9/h6H,2-3H2,1H3. The minimum atomic E-state index is -0.665. The van der Waals surface area contributed by atoms with Crippen molar-refractivity contribution in [2.45, 2.75) is 13.3 Å². The molecular formula is C8H8O2. The smallest absolute Gasteiger partial charge is 0.210 e. The molecule has 1 saturated carbocycles. The molecule has 1 fully saturated rings. The van der Waals surface area contributed by atoms with E-state index in [1.165, 1.54) is 0 Å². The first kappa shape index (κ1) is 7.23. The molecule has 1 aliphatic rings. The Morgan fingerprint density at radius 3 is 2.30 bits per heavy atom. The highest BCUT2D eigenvalue weighted by Crippen LogP contribution is 2.54. The zero-order valence-corrected chi connectivity index (χ0v) is 5.81. The van der Waals surface area contributed by atoms with Crippen molar-refractivity contribution < 1.29 is 9.59 Å². The topological polar surface area (TPSA) is 34.1 Å². The predicted octanol–water partition coefficient (Wildman–Crippen LogP) is 0.714. The average molecular weight is 136 g/mol. The van der Waals surface area contributed by atoms with Crippen molar-refractivity contribution in [1.82, 2.24) is 0 Å². The van der Waals surface area contributed by atoms with Crippen LogP contribution in [-0.4, -0.2) is 12.2 Å². The normalized spacial score (nSPS) is 36.4. The number of hydrogen-bond acceptors (Lipinski definition) is 2. The Kier molecular flexibility index (Phi) is 1.49. The van der Waals surface area contributed by atoms with Crippen LogP contribution in [0.3, 0.4) is 0 Å². The summed E-state index contributed by atoms with van der Waals surface area (Å²) in [5.41, 5.74) is -0.420. The highest BCUT2D eigenvalue weighted by molar-refractivity contribution is 5.77. The van der Waals surface area contributed by atoms with Gasteiger partial charge < -0.3 is 0 Å². The molecule has 0 heterocycles. The summed E-state index contributed by atoms with van der Waals surface area (Å²) >= 11 is 0. The van der Waals surface area contributed by atoms with E-state index in [0.29, 0.717) is 6.42 Å². The van der Waals surface area contributed by atoms with E-state index in [4.69, 9.17) is 0 Å². The van der Waals surface area contributed by atoms with Crippen LogP contribution in [-0.2, 0) is 9.59 Å². The van der Waals surface area contributed by atoms with Crippen molar-refractivity contribution in [2.24, 2.45) is 11.3 Å². The van der Waals surface area contributed by atoms with Gasteiger partial charge in [0.15, 0.2) is 0 Å². The number of rotatable bonds is 2. The van der Waals surface area contributed by atoms with E-state index in [9.17, 15) is 9.59 Å². The zero-order valence-electron chi connectivity index (χ0n) is 5.81. The van der Waals surface area contributed by atoms with Crippen molar-refractivity contribution in [3.05, 3.63) is 12.5 Å². The van der Waals surface area contributed by atoms with Gasteiger partial charge >= 0.3 is 0 Å². The first-order chi connectivity index (χ1) is 4.67. The third-order valence-electron chi connectivity index (χ3n) is 2.15. The third kappa shape index (κ3) is 0.729. The first-order valence-electron chi connectivity index (χ1n) is 3.14. The summed E-state index contributed by atoms with van der Waals surface area (Å²) < 4.78 is 0. The van der Waals surface area contributed by atoms with Gasteiger partial charge in [-0.15, -0.1) is 0 Å². The first-order valence-corrected chi connectivity index (χ1v) is 3.14. The molecule has 0 aromatic heterocycles. The summed E-state index contributed by atoms with van der Waals surface area (Å²) in [6.07, 6.45) is 2.54. The molecule has 2 atom stereocenters. The van der Waals surface area contributed by atoms with Gasteiger partial charge in [-0.25, -0.2) is 4.79 Å². The molecule has 2 radical (unpaired) electrons. The van der Waals surface area contributed by atoms with Crippen molar-refractivity contribution in [3.63, 3.8) is 0 Å². The van der Waals surface area contributed by atoms with Gasteiger partial charge in [0.05, 0.1) is 5.41 Å². The maximum absolute atomic E-state index is 10.3. The fraction of sp³-hybridized carbons (Fsp3) is 0.500. The second kappa shape index (κ2) is 2.06. The lowest BCUT2D eigenvalue weighted by Crippen LogP contribution is -2.06. The molecule has 0 N–H and O–H groups in total. The fourth-order valence-electron chi connectivity index (χ4n) is 1.14.